The Balaban J connectivity index is 0.846. The highest BCUT2D eigenvalue weighted by Gasteiger charge is 2.30. The first-order valence-electron chi connectivity index (χ1n) is 23.7. The van der Waals surface area contributed by atoms with Crippen LogP contribution in [0.25, 0.3) is 0 Å². The molecule has 7 aliphatic carbocycles. The van der Waals surface area contributed by atoms with Crippen molar-refractivity contribution in [2.45, 2.75) is 76.3 Å². The lowest BCUT2D eigenvalue weighted by molar-refractivity contribution is 0.249. The maximum Gasteiger partial charge on any atom is 0.0518 e. The van der Waals surface area contributed by atoms with Crippen LogP contribution in [0.4, 0.5) is 22.7 Å². The smallest absolute Gasteiger partial charge is 0.0518 e. The second-order valence-electron chi connectivity index (χ2n) is 17.6. The quantitative estimate of drug-likeness (QED) is 0.170. The standard InChI is InChI=1S/C60H60N4/c1-7-19-49(20-8-1)61(50-21-9-2-10-22-50)57-39-43-59(44-40-57)63(53-27-15-5-16-28-53)55-35-31-47(32-36-55)48-33-37-56(38-34-48)64(54-29-17-6-18-30-54)60-45-41-58(42-46-60)62(51-23-11-3-12-24-51)52-25-13-4-14-26-52/h1,3,5,7-9,11-13,15-17,19-27,29-31,33,35-43,45-48,53,59H,2,4,6,10,14,18,28,32,34,44H2. The molecule has 0 aromatic heterocycles. The third-order valence-electron chi connectivity index (χ3n) is 13.4. The van der Waals surface area contributed by atoms with Crippen molar-refractivity contribution < 1.29 is 0 Å². The lowest BCUT2D eigenvalue weighted by Crippen LogP contribution is -2.42. The number of allylic oxidation sites excluding steroid dienone is 18. The number of hydrogen-bond acceptors (Lipinski definition) is 4. The molecule has 0 spiro atoms. The topological polar surface area (TPSA) is 13.0 Å². The monoisotopic (exact) mass is 836 g/mol. The fraction of sp³-hybridized carbons (Fsp3) is 0.233. The van der Waals surface area contributed by atoms with Gasteiger partial charge in [-0.3, -0.25) is 0 Å². The van der Waals surface area contributed by atoms with Crippen molar-refractivity contribution in [1.29, 1.82) is 0 Å². The molecule has 3 aromatic carbocycles. The Bertz CT molecular complexity index is 2580. The highest BCUT2D eigenvalue weighted by Crippen LogP contribution is 2.40. The molecular formula is C60H60N4. The van der Waals surface area contributed by atoms with E-state index in [1.54, 1.807) is 0 Å². The van der Waals surface area contributed by atoms with Gasteiger partial charge in [0.1, 0.15) is 0 Å². The molecule has 320 valence electrons. The van der Waals surface area contributed by atoms with Crippen molar-refractivity contribution in [2.75, 3.05) is 14.7 Å². The second-order valence-corrected chi connectivity index (χ2v) is 17.6. The molecule has 0 saturated heterocycles. The Labute approximate surface area is 381 Å². The lowest BCUT2D eigenvalue weighted by atomic mass is 9.81. The van der Waals surface area contributed by atoms with Crippen LogP contribution in [0.15, 0.2) is 253 Å². The molecule has 3 aromatic rings. The molecule has 0 saturated carbocycles. The predicted molar refractivity (Wildman–Crippen MR) is 271 cm³/mol. The number of anilines is 4. The van der Waals surface area contributed by atoms with Crippen LogP contribution in [-0.2, 0) is 0 Å². The van der Waals surface area contributed by atoms with Gasteiger partial charge in [0.15, 0.2) is 0 Å². The van der Waals surface area contributed by atoms with Gasteiger partial charge in [-0.15, -0.1) is 0 Å². The van der Waals surface area contributed by atoms with Crippen molar-refractivity contribution in [3.05, 3.63) is 253 Å². The molecular weight excluding hydrogens is 777 g/mol. The van der Waals surface area contributed by atoms with Gasteiger partial charge in [0.2, 0.25) is 0 Å². The molecule has 4 unspecified atom stereocenters. The Morgan fingerprint density at radius 2 is 0.750 bits per heavy atom. The zero-order chi connectivity index (χ0) is 42.9. The fourth-order valence-electron chi connectivity index (χ4n) is 10.2. The van der Waals surface area contributed by atoms with Gasteiger partial charge in [-0.1, -0.05) is 134 Å². The van der Waals surface area contributed by atoms with Crippen LogP contribution in [0.1, 0.15) is 64.2 Å². The van der Waals surface area contributed by atoms with Gasteiger partial charge < -0.3 is 19.6 Å². The summed E-state index contributed by atoms with van der Waals surface area (Å²) < 4.78 is 0. The van der Waals surface area contributed by atoms with Crippen molar-refractivity contribution in [3.63, 3.8) is 0 Å². The van der Waals surface area contributed by atoms with Gasteiger partial charge in [-0.05, 0) is 161 Å². The van der Waals surface area contributed by atoms with E-state index in [0.717, 1.165) is 64.2 Å². The zero-order valence-corrected chi connectivity index (χ0v) is 37.0. The summed E-state index contributed by atoms with van der Waals surface area (Å²) in [5.41, 5.74) is 12.3. The summed E-state index contributed by atoms with van der Waals surface area (Å²) in [5, 5.41) is 0. The van der Waals surface area contributed by atoms with Crippen LogP contribution in [0.5, 0.6) is 0 Å². The van der Waals surface area contributed by atoms with Crippen molar-refractivity contribution in [3.8, 4) is 0 Å². The lowest BCUT2D eigenvalue weighted by Gasteiger charge is -2.41. The number of para-hydroxylation sites is 2. The molecule has 4 heteroatoms. The zero-order valence-electron chi connectivity index (χ0n) is 37.0. The number of rotatable bonds is 13. The van der Waals surface area contributed by atoms with Crippen LogP contribution >= 0.6 is 0 Å². The van der Waals surface area contributed by atoms with Crippen molar-refractivity contribution >= 4 is 22.7 Å². The van der Waals surface area contributed by atoms with E-state index in [4.69, 9.17) is 0 Å². The summed E-state index contributed by atoms with van der Waals surface area (Å²) in [6, 6.07) is 31.3. The Kier molecular flexibility index (Phi) is 12.7. The molecule has 0 N–H and O–H groups in total. The van der Waals surface area contributed by atoms with Gasteiger partial charge in [-0.25, -0.2) is 0 Å². The van der Waals surface area contributed by atoms with Crippen LogP contribution in [-0.4, -0.2) is 17.0 Å². The summed E-state index contributed by atoms with van der Waals surface area (Å²) >= 11 is 0. The number of benzene rings is 3. The highest BCUT2D eigenvalue weighted by atomic mass is 15.2. The van der Waals surface area contributed by atoms with Crippen LogP contribution in [0.3, 0.4) is 0 Å². The first kappa shape index (κ1) is 41.2. The molecule has 7 aliphatic rings. The van der Waals surface area contributed by atoms with E-state index in [2.05, 4.69) is 238 Å². The van der Waals surface area contributed by atoms with E-state index in [0.29, 0.717) is 17.9 Å². The average molecular weight is 837 g/mol. The maximum absolute atomic E-state index is 2.67. The largest absolute Gasteiger partial charge is 0.358 e. The first-order chi connectivity index (χ1) is 31.8. The van der Waals surface area contributed by atoms with Gasteiger partial charge in [-0.2, -0.15) is 0 Å². The van der Waals surface area contributed by atoms with Crippen molar-refractivity contribution in [2.24, 2.45) is 11.8 Å². The number of nitrogens with zero attached hydrogens (tertiary/aromatic N) is 4. The average Bonchev–Trinajstić information content (AvgIpc) is 3.38. The molecule has 64 heavy (non-hydrogen) atoms. The van der Waals surface area contributed by atoms with E-state index in [1.807, 2.05) is 0 Å². The van der Waals surface area contributed by atoms with Crippen molar-refractivity contribution in [1.82, 2.24) is 4.90 Å². The fourth-order valence-corrected chi connectivity index (χ4v) is 10.2. The maximum atomic E-state index is 2.67. The molecule has 0 amide bonds. The summed E-state index contributed by atoms with van der Waals surface area (Å²) in [4.78, 5) is 9.93. The molecule has 0 fully saturated rings. The Morgan fingerprint density at radius 1 is 0.312 bits per heavy atom. The summed E-state index contributed by atoms with van der Waals surface area (Å²) in [6.07, 6.45) is 62.6. The molecule has 0 bridgehead atoms. The van der Waals surface area contributed by atoms with E-state index >= 15 is 0 Å². The van der Waals surface area contributed by atoms with Gasteiger partial charge in [0.25, 0.3) is 0 Å². The summed E-state index contributed by atoms with van der Waals surface area (Å²) in [5.74, 6) is 0.909. The molecule has 4 nitrogen and oxygen atoms in total. The minimum Gasteiger partial charge on any atom is -0.358 e. The minimum absolute atomic E-state index is 0.275. The Hall–Kier alpha value is -6.78. The third kappa shape index (κ3) is 9.15. The molecule has 0 aliphatic heterocycles. The molecule has 0 heterocycles. The minimum atomic E-state index is 0.275. The van der Waals surface area contributed by atoms with E-state index in [9.17, 15) is 0 Å². The predicted octanol–water partition coefficient (Wildman–Crippen LogP) is 15.2. The van der Waals surface area contributed by atoms with Gasteiger partial charge in [0, 0.05) is 56.9 Å². The molecule has 4 atom stereocenters. The first-order valence-corrected chi connectivity index (χ1v) is 23.7. The van der Waals surface area contributed by atoms with Gasteiger partial charge >= 0.3 is 0 Å². The third-order valence-corrected chi connectivity index (χ3v) is 13.4. The van der Waals surface area contributed by atoms with Crippen LogP contribution in [0, 0.1) is 11.8 Å². The Morgan fingerprint density at radius 3 is 1.20 bits per heavy atom. The molecule has 0 radical (unpaired) electrons. The normalized spacial score (nSPS) is 23.4. The van der Waals surface area contributed by atoms with E-state index in [-0.39, 0.29) is 6.04 Å². The molecule has 10 rings (SSSR count). The van der Waals surface area contributed by atoms with Gasteiger partial charge in [0.05, 0.1) is 12.1 Å². The second kappa shape index (κ2) is 19.7. The highest BCUT2D eigenvalue weighted by molar-refractivity contribution is 5.74. The SMILES string of the molecule is C1=CCC(N(C2=CCC(C3C=CC(N(C4=CCCC=C4)c4ccc(N(C5=CCCC=C5)c5ccccc5)cc4)=CC3)C=C2)C2C=CC(N(C3=CCCC=C3)c3ccccc3)=CC2)C=C1. The number of hydrogen-bond donors (Lipinski definition) is 0. The summed E-state index contributed by atoms with van der Waals surface area (Å²) in [6.45, 7) is 0. The summed E-state index contributed by atoms with van der Waals surface area (Å²) in [7, 11) is 0. The van der Waals surface area contributed by atoms with Crippen LogP contribution < -0.4 is 14.7 Å². The van der Waals surface area contributed by atoms with Crippen LogP contribution in [0.2, 0.25) is 0 Å². The van der Waals surface area contributed by atoms with E-state index in [1.165, 1.54) is 56.9 Å². The van der Waals surface area contributed by atoms with E-state index < -0.39 is 0 Å².